The van der Waals surface area contributed by atoms with Crippen LogP contribution in [0.4, 0.5) is 0 Å². The number of aryl methyl sites for hydroxylation is 3. The monoisotopic (exact) mass is 486 g/mol. The average molecular weight is 487 g/mol. The molecule has 4 aromatic rings. The number of benzene rings is 2. The normalized spacial score (nSPS) is 11.9. The van der Waals surface area contributed by atoms with Crippen LogP contribution in [0.5, 0.6) is 0 Å². The van der Waals surface area contributed by atoms with Crippen molar-refractivity contribution in [3.63, 3.8) is 0 Å². The minimum Gasteiger partial charge on any atom is -0.358 e. The van der Waals surface area contributed by atoms with Crippen LogP contribution in [-0.2, 0) is 19.3 Å². The summed E-state index contributed by atoms with van der Waals surface area (Å²) in [6.07, 6.45) is 6.78. The Morgan fingerprint density at radius 1 is 1.00 bits per heavy atom. The molecule has 2 aromatic heterocycles. The van der Waals surface area contributed by atoms with E-state index < -0.39 is 0 Å². The fourth-order valence-corrected chi connectivity index (χ4v) is 6.25. The third-order valence-electron chi connectivity index (χ3n) is 7.97. The van der Waals surface area contributed by atoms with E-state index in [-0.39, 0.29) is 5.78 Å². The molecule has 0 aliphatic carbocycles. The molecule has 0 aliphatic heterocycles. The highest BCUT2D eigenvalue weighted by Crippen LogP contribution is 2.37. The van der Waals surface area contributed by atoms with Gasteiger partial charge in [-0.2, -0.15) is 0 Å². The number of carbonyl (C=O) groups excluding carboxylic acids is 1. The SMILES string of the molecule is CCc1c(CC(CC)(CC)CC)[nH]c2cc(C(=O)CCc3nc(-c4ccccc4)sc3C)ccc12. The smallest absolute Gasteiger partial charge is 0.163 e. The molecule has 35 heavy (non-hydrogen) atoms. The Kier molecular flexibility index (Phi) is 7.91. The number of nitrogens with one attached hydrogen (secondary N) is 1. The molecule has 0 aliphatic rings. The maximum Gasteiger partial charge on any atom is 0.163 e. The molecule has 3 nitrogen and oxygen atoms in total. The maximum atomic E-state index is 13.1. The van der Waals surface area contributed by atoms with Crippen molar-refractivity contribution in [3.8, 4) is 10.6 Å². The van der Waals surface area contributed by atoms with Gasteiger partial charge in [0.2, 0.25) is 0 Å². The van der Waals surface area contributed by atoms with E-state index in [1.165, 1.54) is 40.8 Å². The lowest BCUT2D eigenvalue weighted by Crippen LogP contribution is -2.21. The molecule has 0 unspecified atom stereocenters. The van der Waals surface area contributed by atoms with Gasteiger partial charge in [0.05, 0.1) is 5.69 Å². The third-order valence-corrected chi connectivity index (χ3v) is 9.04. The van der Waals surface area contributed by atoms with Crippen LogP contribution >= 0.6 is 11.3 Å². The van der Waals surface area contributed by atoms with Crippen LogP contribution in [0.2, 0.25) is 0 Å². The van der Waals surface area contributed by atoms with Crippen molar-refractivity contribution in [3.05, 3.63) is 75.9 Å². The summed E-state index contributed by atoms with van der Waals surface area (Å²) in [6.45, 7) is 11.3. The van der Waals surface area contributed by atoms with E-state index in [0.29, 0.717) is 18.3 Å². The molecule has 0 amide bonds. The number of nitrogens with zero attached hydrogens (tertiary/aromatic N) is 1. The molecule has 1 N–H and O–H groups in total. The highest BCUT2D eigenvalue weighted by molar-refractivity contribution is 7.15. The van der Waals surface area contributed by atoms with Gasteiger partial charge in [0.1, 0.15) is 5.01 Å². The van der Waals surface area contributed by atoms with Crippen LogP contribution in [0.25, 0.3) is 21.5 Å². The topological polar surface area (TPSA) is 45.8 Å². The van der Waals surface area contributed by atoms with Crippen molar-refractivity contribution in [1.29, 1.82) is 0 Å². The lowest BCUT2D eigenvalue weighted by Gasteiger charge is -2.30. The van der Waals surface area contributed by atoms with Gasteiger partial charge < -0.3 is 4.98 Å². The number of thiazole rings is 1. The second kappa shape index (κ2) is 10.9. The summed E-state index contributed by atoms with van der Waals surface area (Å²) in [5, 5.41) is 2.29. The molecule has 0 atom stereocenters. The van der Waals surface area contributed by atoms with Gasteiger partial charge in [-0.25, -0.2) is 4.98 Å². The van der Waals surface area contributed by atoms with Crippen molar-refractivity contribution < 1.29 is 4.79 Å². The van der Waals surface area contributed by atoms with E-state index in [1.807, 2.05) is 24.3 Å². The Hall–Kier alpha value is -2.72. The fraction of sp³-hybridized carbons (Fsp3) is 0.419. The van der Waals surface area contributed by atoms with Gasteiger partial charge in [0.15, 0.2) is 5.78 Å². The lowest BCUT2D eigenvalue weighted by atomic mass is 9.75. The molecule has 2 aromatic carbocycles. The number of carbonyl (C=O) groups is 1. The molecule has 0 spiro atoms. The van der Waals surface area contributed by atoms with Crippen molar-refractivity contribution in [2.75, 3.05) is 0 Å². The van der Waals surface area contributed by atoms with Crippen LogP contribution < -0.4 is 0 Å². The molecule has 0 fully saturated rings. The van der Waals surface area contributed by atoms with E-state index in [4.69, 9.17) is 4.98 Å². The highest BCUT2D eigenvalue weighted by atomic mass is 32.1. The van der Waals surface area contributed by atoms with Gasteiger partial charge in [0, 0.05) is 39.0 Å². The summed E-state index contributed by atoms with van der Waals surface area (Å²) < 4.78 is 0. The number of aromatic nitrogens is 2. The zero-order valence-corrected chi connectivity index (χ0v) is 22.6. The predicted molar refractivity (Wildman–Crippen MR) is 150 cm³/mol. The Balaban J connectivity index is 1.52. The van der Waals surface area contributed by atoms with Crippen molar-refractivity contribution in [2.45, 2.75) is 79.6 Å². The molecule has 4 heteroatoms. The summed E-state index contributed by atoms with van der Waals surface area (Å²) in [6, 6.07) is 16.5. The predicted octanol–water partition coefficient (Wildman–Crippen LogP) is 8.74. The Morgan fingerprint density at radius 3 is 2.37 bits per heavy atom. The summed E-state index contributed by atoms with van der Waals surface area (Å²) in [4.78, 5) is 22.9. The van der Waals surface area contributed by atoms with Crippen molar-refractivity contribution >= 4 is 28.0 Å². The molecule has 0 bridgehead atoms. The molecule has 4 rings (SSSR count). The quantitative estimate of drug-likeness (QED) is 0.215. The number of hydrogen-bond donors (Lipinski definition) is 1. The number of aromatic amines is 1. The number of Topliss-reactive ketones (excluding diaryl/α,β-unsaturated/α-hetero) is 1. The Morgan fingerprint density at radius 2 is 1.71 bits per heavy atom. The second-order valence-electron chi connectivity index (χ2n) is 9.74. The zero-order chi connectivity index (χ0) is 25.0. The van der Waals surface area contributed by atoms with E-state index in [0.717, 1.165) is 40.2 Å². The van der Waals surface area contributed by atoms with E-state index in [9.17, 15) is 4.79 Å². The Labute approximate surface area is 214 Å². The summed E-state index contributed by atoms with van der Waals surface area (Å²) in [5.41, 5.74) is 7.15. The summed E-state index contributed by atoms with van der Waals surface area (Å²) >= 11 is 1.71. The number of fused-ring (bicyclic) bond motifs is 1. The number of rotatable bonds is 11. The van der Waals surface area contributed by atoms with Crippen LogP contribution in [0.15, 0.2) is 48.5 Å². The van der Waals surface area contributed by atoms with Gasteiger partial charge in [-0.05, 0) is 43.2 Å². The van der Waals surface area contributed by atoms with Crippen LogP contribution in [0.1, 0.15) is 85.6 Å². The molecule has 2 heterocycles. The van der Waals surface area contributed by atoms with Gasteiger partial charge in [0.25, 0.3) is 0 Å². The number of ketones is 1. The molecular formula is C31H38N2OS. The van der Waals surface area contributed by atoms with Gasteiger partial charge in [-0.1, -0.05) is 89.4 Å². The summed E-state index contributed by atoms with van der Waals surface area (Å²) in [7, 11) is 0. The summed E-state index contributed by atoms with van der Waals surface area (Å²) in [5.74, 6) is 0.180. The molecule has 0 saturated carbocycles. The first kappa shape index (κ1) is 25.4. The third kappa shape index (κ3) is 5.28. The van der Waals surface area contributed by atoms with Crippen molar-refractivity contribution in [1.82, 2.24) is 9.97 Å². The first-order chi connectivity index (χ1) is 16.9. The van der Waals surface area contributed by atoms with Gasteiger partial charge in [-0.3, -0.25) is 4.79 Å². The van der Waals surface area contributed by atoms with Crippen LogP contribution in [0, 0.1) is 12.3 Å². The van der Waals surface area contributed by atoms with Crippen molar-refractivity contribution in [2.24, 2.45) is 5.41 Å². The van der Waals surface area contributed by atoms with E-state index in [2.05, 4.69) is 63.9 Å². The van der Waals surface area contributed by atoms with Crippen LogP contribution in [0.3, 0.4) is 0 Å². The molecular weight excluding hydrogens is 448 g/mol. The van der Waals surface area contributed by atoms with Gasteiger partial charge >= 0.3 is 0 Å². The first-order valence-corrected chi connectivity index (χ1v) is 13.9. The maximum absolute atomic E-state index is 13.1. The second-order valence-corrected chi connectivity index (χ2v) is 10.9. The Bertz CT molecular complexity index is 1290. The molecule has 184 valence electrons. The standard InChI is InChI=1S/C31H38N2OS/c1-6-24-25-16-15-23(19-27(25)32-28(24)20-31(7-2,8-3)9-4)29(34)18-17-26-21(5)35-30(33-26)22-13-11-10-12-14-22/h10-16,19,32H,6-9,17-18,20H2,1-5H3. The number of hydrogen-bond acceptors (Lipinski definition) is 3. The van der Waals surface area contributed by atoms with E-state index >= 15 is 0 Å². The molecule has 0 saturated heterocycles. The average Bonchev–Trinajstić information content (AvgIpc) is 3.44. The minimum atomic E-state index is 0.180. The number of H-pyrrole nitrogens is 1. The van der Waals surface area contributed by atoms with Gasteiger partial charge in [-0.15, -0.1) is 11.3 Å². The minimum absolute atomic E-state index is 0.180. The first-order valence-electron chi connectivity index (χ1n) is 13.1. The molecule has 0 radical (unpaired) electrons. The largest absolute Gasteiger partial charge is 0.358 e. The zero-order valence-electron chi connectivity index (χ0n) is 21.8. The highest BCUT2D eigenvalue weighted by Gasteiger charge is 2.27. The lowest BCUT2D eigenvalue weighted by molar-refractivity contribution is 0.0982. The van der Waals surface area contributed by atoms with Crippen LogP contribution in [-0.4, -0.2) is 15.8 Å². The van der Waals surface area contributed by atoms with E-state index in [1.54, 1.807) is 11.3 Å². The fourth-order valence-electron chi connectivity index (χ4n) is 5.28.